The van der Waals surface area contributed by atoms with Crippen molar-refractivity contribution in [3.63, 3.8) is 0 Å². The third-order valence-electron chi connectivity index (χ3n) is 1.63. The normalized spacial score (nSPS) is 9.75. The highest BCUT2D eigenvalue weighted by atomic mass is 16.5. The predicted molar refractivity (Wildman–Crippen MR) is 56.7 cm³/mol. The molecule has 0 fully saturated rings. The highest BCUT2D eigenvalue weighted by molar-refractivity contribution is 5.95. The van der Waals surface area contributed by atoms with Gasteiger partial charge in [-0.05, 0) is 14.0 Å². The molecule has 0 aromatic heterocycles. The fourth-order valence-corrected chi connectivity index (χ4v) is 0.957. The Balaban J connectivity index is 3.86. The lowest BCUT2D eigenvalue weighted by atomic mass is 10.5. The number of imide groups is 1. The van der Waals surface area contributed by atoms with Crippen molar-refractivity contribution in [1.29, 1.82) is 0 Å². The number of likely N-dealkylation sites (N-methyl/N-ethyl adjacent to an activating group) is 1. The summed E-state index contributed by atoms with van der Waals surface area (Å²) in [6, 6.07) is -0.543. The number of esters is 1. The molecule has 0 aliphatic heterocycles. The zero-order valence-electron chi connectivity index (χ0n) is 9.70. The fourth-order valence-electron chi connectivity index (χ4n) is 0.957. The van der Waals surface area contributed by atoms with E-state index >= 15 is 0 Å². The highest BCUT2D eigenvalue weighted by Gasteiger charge is 2.12. The first-order valence-electron chi connectivity index (χ1n) is 4.82. The number of hydrogen-bond donors (Lipinski definition) is 2. The number of rotatable bonds is 5. The number of amides is 3. The maximum absolute atomic E-state index is 11.2. The molecule has 7 nitrogen and oxygen atoms in total. The van der Waals surface area contributed by atoms with Crippen LogP contribution in [0.3, 0.4) is 0 Å². The van der Waals surface area contributed by atoms with Crippen molar-refractivity contribution in [1.82, 2.24) is 15.5 Å². The molecule has 16 heavy (non-hydrogen) atoms. The average Bonchev–Trinajstić information content (AvgIpc) is 2.16. The van der Waals surface area contributed by atoms with Crippen molar-refractivity contribution in [3.05, 3.63) is 0 Å². The van der Waals surface area contributed by atoms with E-state index in [2.05, 4.69) is 15.4 Å². The summed E-state index contributed by atoms with van der Waals surface area (Å²) in [6.45, 7) is 2.14. The van der Waals surface area contributed by atoms with Gasteiger partial charge in [-0.15, -0.1) is 0 Å². The van der Waals surface area contributed by atoms with Gasteiger partial charge in [-0.2, -0.15) is 0 Å². The van der Waals surface area contributed by atoms with Gasteiger partial charge in [0.2, 0.25) is 5.91 Å². The second kappa shape index (κ2) is 7.63. The summed E-state index contributed by atoms with van der Waals surface area (Å²) in [5.41, 5.74) is 0. The molecular weight excluding hydrogens is 214 g/mol. The van der Waals surface area contributed by atoms with E-state index < -0.39 is 17.9 Å². The number of methoxy groups -OCH3 is 1. The standard InChI is InChI=1S/C9H17N3O4/c1-4-10-9(15)11-7(13)5-12(2)6-8(14)16-3/h4-6H2,1-3H3,(H2,10,11,13,15). The van der Waals surface area contributed by atoms with Crippen molar-refractivity contribution in [3.8, 4) is 0 Å². The zero-order chi connectivity index (χ0) is 12.6. The van der Waals surface area contributed by atoms with Crippen molar-refractivity contribution >= 4 is 17.9 Å². The van der Waals surface area contributed by atoms with Crippen molar-refractivity contribution in [2.75, 3.05) is 33.8 Å². The maximum Gasteiger partial charge on any atom is 0.321 e. The summed E-state index contributed by atoms with van der Waals surface area (Å²) in [5, 5.41) is 4.54. The van der Waals surface area contributed by atoms with Crippen LogP contribution in [-0.4, -0.2) is 56.6 Å². The molecular formula is C9H17N3O4. The number of ether oxygens (including phenoxy) is 1. The monoisotopic (exact) mass is 231 g/mol. The Kier molecular flexibility index (Phi) is 6.86. The van der Waals surface area contributed by atoms with Gasteiger partial charge < -0.3 is 10.1 Å². The number of carbonyl (C=O) groups excluding carboxylic acids is 3. The lowest BCUT2D eigenvalue weighted by molar-refractivity contribution is -0.141. The Labute approximate surface area is 94.1 Å². The van der Waals surface area contributed by atoms with Crippen LogP contribution in [0.15, 0.2) is 0 Å². The van der Waals surface area contributed by atoms with Crippen molar-refractivity contribution in [2.24, 2.45) is 0 Å². The number of hydrogen-bond acceptors (Lipinski definition) is 5. The molecule has 0 saturated carbocycles. The minimum Gasteiger partial charge on any atom is -0.468 e. The molecule has 0 aliphatic rings. The van der Waals surface area contributed by atoms with E-state index in [1.807, 2.05) is 0 Å². The maximum atomic E-state index is 11.2. The van der Waals surface area contributed by atoms with E-state index in [4.69, 9.17) is 0 Å². The third kappa shape index (κ3) is 6.77. The number of carbonyl (C=O) groups is 3. The Morgan fingerprint density at radius 2 is 1.88 bits per heavy atom. The molecule has 2 N–H and O–H groups in total. The Hall–Kier alpha value is -1.63. The van der Waals surface area contributed by atoms with E-state index in [-0.39, 0.29) is 13.1 Å². The Bertz CT molecular complexity index is 267. The molecule has 0 aromatic carbocycles. The molecule has 0 saturated heterocycles. The summed E-state index contributed by atoms with van der Waals surface area (Å²) >= 11 is 0. The summed E-state index contributed by atoms with van der Waals surface area (Å²) in [5.74, 6) is -0.911. The lowest BCUT2D eigenvalue weighted by Gasteiger charge is -2.14. The fraction of sp³-hybridized carbons (Fsp3) is 0.667. The Morgan fingerprint density at radius 1 is 1.25 bits per heavy atom. The van der Waals surface area contributed by atoms with Crippen molar-refractivity contribution in [2.45, 2.75) is 6.92 Å². The smallest absolute Gasteiger partial charge is 0.321 e. The highest BCUT2D eigenvalue weighted by Crippen LogP contribution is 1.84. The third-order valence-corrected chi connectivity index (χ3v) is 1.63. The van der Waals surface area contributed by atoms with Crippen LogP contribution >= 0.6 is 0 Å². The van der Waals surface area contributed by atoms with Crippen LogP contribution < -0.4 is 10.6 Å². The van der Waals surface area contributed by atoms with Gasteiger partial charge in [0.05, 0.1) is 20.2 Å². The van der Waals surface area contributed by atoms with Crippen LogP contribution in [0.5, 0.6) is 0 Å². The molecule has 0 rings (SSSR count). The largest absolute Gasteiger partial charge is 0.468 e. The molecule has 0 aromatic rings. The van der Waals surface area contributed by atoms with Gasteiger partial charge in [-0.3, -0.25) is 19.8 Å². The molecule has 0 radical (unpaired) electrons. The topological polar surface area (TPSA) is 87.7 Å². The van der Waals surface area contributed by atoms with Gasteiger partial charge in [0.1, 0.15) is 0 Å². The van der Waals surface area contributed by atoms with E-state index in [9.17, 15) is 14.4 Å². The van der Waals surface area contributed by atoms with Crippen LogP contribution in [-0.2, 0) is 14.3 Å². The minimum atomic E-state index is -0.543. The second-order valence-electron chi connectivity index (χ2n) is 3.16. The van der Waals surface area contributed by atoms with Crippen LogP contribution in [0.25, 0.3) is 0 Å². The molecule has 0 heterocycles. The predicted octanol–water partition coefficient (Wildman–Crippen LogP) is -1.06. The molecule has 0 bridgehead atoms. The van der Waals surface area contributed by atoms with Gasteiger partial charge in [0, 0.05) is 6.54 Å². The molecule has 0 atom stereocenters. The molecule has 0 unspecified atom stereocenters. The summed E-state index contributed by atoms with van der Waals surface area (Å²) in [4.78, 5) is 34.5. The quantitative estimate of drug-likeness (QED) is 0.589. The van der Waals surface area contributed by atoms with Gasteiger partial charge in [-0.25, -0.2) is 4.79 Å². The van der Waals surface area contributed by atoms with Crippen molar-refractivity contribution < 1.29 is 19.1 Å². The lowest BCUT2D eigenvalue weighted by Crippen LogP contribution is -2.44. The molecule has 3 amide bonds. The first-order valence-corrected chi connectivity index (χ1v) is 4.82. The van der Waals surface area contributed by atoms with E-state index in [0.717, 1.165) is 0 Å². The van der Waals surface area contributed by atoms with Crippen LogP contribution in [0.4, 0.5) is 4.79 Å². The number of nitrogens with one attached hydrogen (secondary N) is 2. The van der Waals surface area contributed by atoms with Crippen LogP contribution in [0.1, 0.15) is 6.92 Å². The van der Waals surface area contributed by atoms with E-state index in [1.54, 1.807) is 14.0 Å². The number of nitrogens with zero attached hydrogens (tertiary/aromatic N) is 1. The zero-order valence-corrected chi connectivity index (χ0v) is 9.70. The first kappa shape index (κ1) is 14.4. The minimum absolute atomic E-state index is 0.000678. The first-order chi connectivity index (χ1) is 7.49. The van der Waals surface area contributed by atoms with Gasteiger partial charge >= 0.3 is 12.0 Å². The summed E-state index contributed by atoms with van der Waals surface area (Å²) < 4.78 is 4.43. The summed E-state index contributed by atoms with van der Waals surface area (Å²) in [6.07, 6.45) is 0. The molecule has 7 heteroatoms. The molecule has 0 aliphatic carbocycles. The Morgan fingerprint density at radius 3 is 2.38 bits per heavy atom. The van der Waals surface area contributed by atoms with Gasteiger partial charge in [-0.1, -0.05) is 0 Å². The average molecular weight is 231 g/mol. The van der Waals surface area contributed by atoms with Gasteiger partial charge in [0.25, 0.3) is 0 Å². The van der Waals surface area contributed by atoms with E-state index in [0.29, 0.717) is 6.54 Å². The molecule has 0 spiro atoms. The second-order valence-corrected chi connectivity index (χ2v) is 3.16. The van der Waals surface area contributed by atoms with Crippen LogP contribution in [0.2, 0.25) is 0 Å². The molecule has 92 valence electrons. The SMILES string of the molecule is CCNC(=O)NC(=O)CN(C)CC(=O)OC. The van der Waals surface area contributed by atoms with Crippen LogP contribution in [0, 0.1) is 0 Å². The van der Waals surface area contributed by atoms with E-state index in [1.165, 1.54) is 12.0 Å². The number of urea groups is 1. The van der Waals surface area contributed by atoms with Gasteiger partial charge in [0.15, 0.2) is 0 Å². The summed E-state index contributed by atoms with van der Waals surface area (Å²) in [7, 11) is 2.85.